The predicted molar refractivity (Wildman–Crippen MR) is 122 cm³/mol. The van der Waals surface area contributed by atoms with E-state index in [4.69, 9.17) is 0 Å². The highest BCUT2D eigenvalue weighted by Gasteiger charge is 2.34. The molecule has 0 aromatic heterocycles. The lowest BCUT2D eigenvalue weighted by Gasteiger charge is -2.44. The smallest absolute Gasteiger partial charge is 0.240 e. The van der Waals surface area contributed by atoms with Crippen molar-refractivity contribution in [1.82, 2.24) is 9.62 Å². The summed E-state index contributed by atoms with van der Waals surface area (Å²) in [5.74, 6) is 0. The van der Waals surface area contributed by atoms with Crippen LogP contribution in [-0.4, -0.2) is 51.6 Å². The van der Waals surface area contributed by atoms with Gasteiger partial charge in [0.1, 0.15) is 0 Å². The summed E-state index contributed by atoms with van der Waals surface area (Å²) >= 11 is 0. The Hall–Kier alpha value is -1.89. The zero-order chi connectivity index (χ0) is 21.0. The van der Waals surface area contributed by atoms with E-state index in [0.29, 0.717) is 4.90 Å². The Bertz CT molecular complexity index is 907. The summed E-state index contributed by atoms with van der Waals surface area (Å²) in [5.41, 5.74) is 2.66. The quantitative estimate of drug-likeness (QED) is 0.764. The first-order valence-corrected chi connectivity index (χ1v) is 12.7. The van der Waals surface area contributed by atoms with Crippen molar-refractivity contribution in [3.8, 4) is 0 Å². The van der Waals surface area contributed by atoms with E-state index >= 15 is 0 Å². The number of hydrogen-bond donors (Lipinski definition) is 1. The number of rotatable bonds is 6. The van der Waals surface area contributed by atoms with E-state index in [0.717, 1.165) is 51.9 Å². The van der Waals surface area contributed by atoms with Crippen LogP contribution in [0.3, 0.4) is 0 Å². The second-order valence-corrected chi connectivity index (χ2v) is 10.1. The third-order valence-electron chi connectivity index (χ3n) is 6.58. The Morgan fingerprint density at radius 2 is 1.57 bits per heavy atom. The summed E-state index contributed by atoms with van der Waals surface area (Å²) in [7, 11) is -3.48. The minimum Gasteiger partial charge on any atom is -0.369 e. The summed E-state index contributed by atoms with van der Waals surface area (Å²) in [6.45, 7) is 6.11. The molecule has 2 aromatic carbocycles. The van der Waals surface area contributed by atoms with Crippen LogP contribution in [0.1, 0.15) is 38.2 Å². The number of benzene rings is 2. The molecule has 0 amide bonds. The van der Waals surface area contributed by atoms with E-state index in [1.807, 2.05) is 6.07 Å². The van der Waals surface area contributed by atoms with E-state index in [9.17, 15) is 8.42 Å². The molecule has 1 aliphatic carbocycles. The van der Waals surface area contributed by atoms with Crippen LogP contribution in [0.5, 0.6) is 0 Å². The number of sulfonamides is 1. The zero-order valence-electron chi connectivity index (χ0n) is 17.8. The third-order valence-corrected chi connectivity index (χ3v) is 8.09. The van der Waals surface area contributed by atoms with Gasteiger partial charge in [-0.15, -0.1) is 0 Å². The van der Waals surface area contributed by atoms with Gasteiger partial charge in [-0.3, -0.25) is 4.90 Å². The highest BCUT2D eigenvalue weighted by atomic mass is 32.2. The molecule has 0 radical (unpaired) electrons. The Labute approximate surface area is 181 Å². The molecule has 5 nitrogen and oxygen atoms in total. The molecule has 2 aromatic rings. The molecule has 2 fully saturated rings. The summed E-state index contributed by atoms with van der Waals surface area (Å²) in [6, 6.07) is 17.9. The van der Waals surface area contributed by atoms with Crippen LogP contribution in [0, 0.1) is 0 Å². The van der Waals surface area contributed by atoms with Gasteiger partial charge in [0.25, 0.3) is 0 Å². The molecule has 6 heteroatoms. The number of nitrogens with zero attached hydrogens (tertiary/aromatic N) is 2. The van der Waals surface area contributed by atoms with Crippen molar-refractivity contribution < 1.29 is 8.42 Å². The van der Waals surface area contributed by atoms with Crippen molar-refractivity contribution in [3.05, 3.63) is 60.2 Å². The Morgan fingerprint density at radius 3 is 2.23 bits per heavy atom. The maximum Gasteiger partial charge on any atom is 0.240 e. The molecule has 0 spiro atoms. The van der Waals surface area contributed by atoms with Crippen LogP contribution in [0.15, 0.2) is 59.5 Å². The van der Waals surface area contributed by atoms with Gasteiger partial charge in [0, 0.05) is 44.0 Å². The molecule has 1 aliphatic heterocycles. The SMILES string of the molecule is CCc1ccc(N2CCN(C3CCCCC3NS(=O)(=O)c3ccccc3)CC2)cc1. The third kappa shape index (κ3) is 4.88. The number of piperazine rings is 1. The minimum atomic E-state index is -3.48. The Morgan fingerprint density at radius 1 is 0.900 bits per heavy atom. The Kier molecular flexibility index (Phi) is 6.76. The molecule has 4 rings (SSSR count). The minimum absolute atomic E-state index is 0.0145. The van der Waals surface area contributed by atoms with Gasteiger partial charge >= 0.3 is 0 Å². The molecule has 30 heavy (non-hydrogen) atoms. The van der Waals surface area contributed by atoms with Crippen LogP contribution in [0.4, 0.5) is 5.69 Å². The first-order valence-electron chi connectivity index (χ1n) is 11.2. The highest BCUT2D eigenvalue weighted by molar-refractivity contribution is 7.89. The van der Waals surface area contributed by atoms with Gasteiger partial charge in [0.2, 0.25) is 10.0 Å². The monoisotopic (exact) mass is 427 g/mol. The van der Waals surface area contributed by atoms with Gasteiger partial charge in [-0.1, -0.05) is 50.1 Å². The van der Waals surface area contributed by atoms with Crippen molar-refractivity contribution in [3.63, 3.8) is 0 Å². The van der Waals surface area contributed by atoms with Crippen molar-refractivity contribution in [2.75, 3.05) is 31.1 Å². The lowest BCUT2D eigenvalue weighted by Crippen LogP contribution is -2.58. The van der Waals surface area contributed by atoms with Gasteiger partial charge in [0.15, 0.2) is 0 Å². The molecule has 2 atom stereocenters. The first-order chi connectivity index (χ1) is 14.6. The van der Waals surface area contributed by atoms with Crippen LogP contribution >= 0.6 is 0 Å². The lowest BCUT2D eigenvalue weighted by molar-refractivity contribution is 0.124. The van der Waals surface area contributed by atoms with Crippen molar-refractivity contribution >= 4 is 15.7 Å². The maximum atomic E-state index is 12.9. The molecule has 0 bridgehead atoms. The lowest BCUT2D eigenvalue weighted by atomic mass is 9.89. The fourth-order valence-corrected chi connectivity index (χ4v) is 6.13. The van der Waals surface area contributed by atoms with Crippen LogP contribution in [0.2, 0.25) is 0 Å². The number of nitrogens with one attached hydrogen (secondary N) is 1. The average Bonchev–Trinajstić information content (AvgIpc) is 2.80. The molecule has 1 N–H and O–H groups in total. The molecule has 2 unspecified atom stereocenters. The van der Waals surface area contributed by atoms with Crippen LogP contribution in [-0.2, 0) is 16.4 Å². The second kappa shape index (κ2) is 9.50. The van der Waals surface area contributed by atoms with Gasteiger partial charge in [-0.05, 0) is 49.1 Å². The number of aryl methyl sites for hydroxylation is 1. The summed E-state index contributed by atoms with van der Waals surface area (Å²) in [6.07, 6.45) is 5.30. The van der Waals surface area contributed by atoms with Crippen molar-refractivity contribution in [2.24, 2.45) is 0 Å². The normalized spacial score (nSPS) is 23.4. The molecule has 162 valence electrons. The average molecular weight is 428 g/mol. The van der Waals surface area contributed by atoms with E-state index in [1.165, 1.54) is 17.7 Å². The van der Waals surface area contributed by atoms with Gasteiger partial charge in [-0.2, -0.15) is 0 Å². The van der Waals surface area contributed by atoms with Crippen LogP contribution in [0.25, 0.3) is 0 Å². The summed E-state index contributed by atoms with van der Waals surface area (Å²) < 4.78 is 28.8. The van der Waals surface area contributed by atoms with Gasteiger partial charge in [0.05, 0.1) is 4.90 Å². The first kappa shape index (κ1) is 21.3. The predicted octanol–water partition coefficient (Wildman–Crippen LogP) is 3.66. The molecule has 2 aliphatic rings. The standard InChI is InChI=1S/C24H33N3O2S/c1-2-20-12-14-21(15-13-20)26-16-18-27(19-17-26)24-11-7-6-10-23(24)25-30(28,29)22-8-4-3-5-9-22/h3-5,8-9,12-15,23-25H,2,6-7,10-11,16-19H2,1H3. The number of hydrogen-bond acceptors (Lipinski definition) is 4. The maximum absolute atomic E-state index is 12.9. The summed E-state index contributed by atoms with van der Waals surface area (Å²) in [5, 5.41) is 0. The van der Waals surface area contributed by atoms with Gasteiger partial charge in [-0.25, -0.2) is 13.1 Å². The van der Waals surface area contributed by atoms with E-state index in [2.05, 4.69) is 45.7 Å². The highest BCUT2D eigenvalue weighted by Crippen LogP contribution is 2.27. The molecule has 1 saturated carbocycles. The van der Waals surface area contributed by atoms with E-state index in [-0.39, 0.29) is 12.1 Å². The molecule has 1 saturated heterocycles. The number of anilines is 1. The van der Waals surface area contributed by atoms with E-state index < -0.39 is 10.0 Å². The molecular formula is C24H33N3O2S. The van der Waals surface area contributed by atoms with Gasteiger partial charge < -0.3 is 4.90 Å². The summed E-state index contributed by atoms with van der Waals surface area (Å²) in [4.78, 5) is 5.31. The fourth-order valence-electron chi connectivity index (χ4n) is 4.81. The largest absolute Gasteiger partial charge is 0.369 e. The van der Waals surface area contributed by atoms with Crippen molar-refractivity contribution in [1.29, 1.82) is 0 Å². The zero-order valence-corrected chi connectivity index (χ0v) is 18.7. The van der Waals surface area contributed by atoms with E-state index in [1.54, 1.807) is 24.3 Å². The fraction of sp³-hybridized carbons (Fsp3) is 0.500. The topological polar surface area (TPSA) is 52.6 Å². The van der Waals surface area contributed by atoms with Crippen LogP contribution < -0.4 is 9.62 Å². The Balaban J connectivity index is 1.40. The van der Waals surface area contributed by atoms with Crippen molar-refractivity contribution in [2.45, 2.75) is 56.0 Å². The molecule has 1 heterocycles. The molecular weight excluding hydrogens is 394 g/mol. The second-order valence-electron chi connectivity index (χ2n) is 8.44.